The van der Waals surface area contributed by atoms with E-state index in [0.717, 1.165) is 11.0 Å². The molecule has 2 aliphatic heterocycles. The van der Waals surface area contributed by atoms with Crippen LogP contribution < -0.4 is 14.8 Å². The molecular formula is C25H17F3N2O6S. The smallest absolute Gasteiger partial charge is 0.417 e. The van der Waals surface area contributed by atoms with Crippen LogP contribution in [0.2, 0.25) is 0 Å². The molecule has 1 saturated heterocycles. The molecule has 1 fully saturated rings. The van der Waals surface area contributed by atoms with Crippen LogP contribution in [0.25, 0.3) is 17.4 Å². The molecular weight excluding hydrogens is 513 g/mol. The van der Waals surface area contributed by atoms with Crippen LogP contribution >= 0.6 is 11.8 Å². The van der Waals surface area contributed by atoms with Gasteiger partial charge in [-0.25, -0.2) is 0 Å². The van der Waals surface area contributed by atoms with Crippen molar-refractivity contribution in [3.8, 4) is 22.8 Å². The lowest BCUT2D eigenvalue weighted by atomic mass is 10.1. The predicted molar refractivity (Wildman–Crippen MR) is 128 cm³/mol. The maximum atomic E-state index is 13.3. The zero-order valence-electron chi connectivity index (χ0n) is 18.8. The second-order valence-corrected chi connectivity index (χ2v) is 8.91. The third-order valence-corrected chi connectivity index (χ3v) is 6.31. The van der Waals surface area contributed by atoms with E-state index in [0.29, 0.717) is 42.2 Å². The molecule has 3 heterocycles. The second kappa shape index (κ2) is 9.69. The largest absolute Gasteiger partial charge is 0.486 e. The summed E-state index contributed by atoms with van der Waals surface area (Å²) in [7, 11) is 0. The fraction of sp³-hybridized carbons (Fsp3) is 0.160. The van der Waals surface area contributed by atoms with Crippen molar-refractivity contribution in [1.82, 2.24) is 4.90 Å². The summed E-state index contributed by atoms with van der Waals surface area (Å²) in [5.74, 6) is -0.280. The van der Waals surface area contributed by atoms with Gasteiger partial charge in [0.25, 0.3) is 11.1 Å². The van der Waals surface area contributed by atoms with Gasteiger partial charge in [-0.2, -0.15) is 13.2 Å². The fourth-order valence-corrected chi connectivity index (χ4v) is 4.57. The van der Waals surface area contributed by atoms with E-state index in [4.69, 9.17) is 13.9 Å². The number of hydrogen-bond acceptors (Lipinski definition) is 7. The van der Waals surface area contributed by atoms with Crippen LogP contribution in [0.5, 0.6) is 11.5 Å². The highest BCUT2D eigenvalue weighted by molar-refractivity contribution is 8.18. The van der Waals surface area contributed by atoms with Gasteiger partial charge in [-0.1, -0.05) is 18.2 Å². The molecule has 2 aromatic carbocycles. The van der Waals surface area contributed by atoms with Crippen LogP contribution in [0, 0.1) is 0 Å². The molecule has 8 nitrogen and oxygen atoms in total. The Bertz CT molecular complexity index is 1430. The van der Waals surface area contributed by atoms with E-state index in [1.54, 1.807) is 18.2 Å². The first-order valence-corrected chi connectivity index (χ1v) is 11.7. The maximum Gasteiger partial charge on any atom is 0.417 e. The first-order valence-electron chi connectivity index (χ1n) is 10.9. The number of carbonyl (C=O) groups is 3. The molecule has 1 aromatic heterocycles. The number of carbonyl (C=O) groups excluding carboxylic acids is 3. The number of hydrogen-bond donors (Lipinski definition) is 1. The van der Waals surface area contributed by atoms with Crippen LogP contribution in [-0.4, -0.2) is 41.7 Å². The van der Waals surface area contributed by atoms with Gasteiger partial charge in [0.1, 0.15) is 31.3 Å². The molecule has 0 radical (unpaired) electrons. The van der Waals surface area contributed by atoms with E-state index in [1.165, 1.54) is 36.4 Å². The Labute approximate surface area is 212 Å². The third kappa shape index (κ3) is 5.19. The Morgan fingerprint density at radius 3 is 2.57 bits per heavy atom. The number of nitrogens with one attached hydrogen (secondary N) is 1. The van der Waals surface area contributed by atoms with Gasteiger partial charge in [-0.15, -0.1) is 0 Å². The fourth-order valence-electron chi connectivity index (χ4n) is 3.75. The number of benzene rings is 2. The number of anilines is 1. The summed E-state index contributed by atoms with van der Waals surface area (Å²) in [5, 5.41) is 1.94. The Morgan fingerprint density at radius 2 is 1.78 bits per heavy atom. The van der Waals surface area contributed by atoms with Crippen molar-refractivity contribution in [3.63, 3.8) is 0 Å². The summed E-state index contributed by atoms with van der Waals surface area (Å²) >= 11 is 0.598. The van der Waals surface area contributed by atoms with E-state index in [1.807, 2.05) is 0 Å². The summed E-state index contributed by atoms with van der Waals surface area (Å²) in [6.07, 6.45) is -3.32. The molecule has 3 amide bonds. The quantitative estimate of drug-likeness (QED) is 0.441. The molecule has 5 rings (SSSR count). The van der Waals surface area contributed by atoms with Crippen LogP contribution in [0.3, 0.4) is 0 Å². The standard InChI is InChI=1S/C25H17F3N2O6S/c26-25(27,28)17-4-2-1-3-16(17)18-8-6-15(36-18)12-21-23(32)30(24(33)37-21)13-22(31)29-14-5-7-19-20(11-14)35-10-9-34-19/h1-8,11-12H,9-10,13H2,(H,29,31)/b21-12+. The average Bonchev–Trinajstić information content (AvgIpc) is 3.43. The molecule has 0 spiro atoms. The van der Waals surface area contributed by atoms with Crippen LogP contribution in [0.1, 0.15) is 11.3 Å². The number of nitrogens with zero attached hydrogens (tertiary/aromatic N) is 1. The van der Waals surface area contributed by atoms with E-state index in [2.05, 4.69) is 5.32 Å². The molecule has 190 valence electrons. The minimum atomic E-state index is -4.58. The van der Waals surface area contributed by atoms with E-state index in [-0.39, 0.29) is 22.0 Å². The molecule has 37 heavy (non-hydrogen) atoms. The number of furan rings is 1. The summed E-state index contributed by atoms with van der Waals surface area (Å²) in [6.45, 7) is 0.268. The lowest BCUT2D eigenvalue weighted by molar-refractivity contribution is -0.137. The summed E-state index contributed by atoms with van der Waals surface area (Å²) in [5.41, 5.74) is -0.613. The Morgan fingerprint density at radius 1 is 1.03 bits per heavy atom. The minimum Gasteiger partial charge on any atom is -0.486 e. The molecule has 1 N–H and O–H groups in total. The number of rotatable bonds is 5. The minimum absolute atomic E-state index is 0.0258. The molecule has 0 aliphatic carbocycles. The number of amides is 3. The highest BCUT2D eigenvalue weighted by atomic mass is 32.2. The Hall–Kier alpha value is -4.19. The molecule has 0 bridgehead atoms. The number of alkyl halides is 3. The molecule has 12 heteroatoms. The lowest BCUT2D eigenvalue weighted by Crippen LogP contribution is -2.36. The van der Waals surface area contributed by atoms with Crippen molar-refractivity contribution >= 4 is 40.6 Å². The Kier molecular flexibility index (Phi) is 6.42. The first-order chi connectivity index (χ1) is 17.7. The van der Waals surface area contributed by atoms with Crippen molar-refractivity contribution in [1.29, 1.82) is 0 Å². The first kappa shape index (κ1) is 24.5. The van der Waals surface area contributed by atoms with E-state index >= 15 is 0 Å². The van der Waals surface area contributed by atoms with Gasteiger partial charge in [0, 0.05) is 23.4 Å². The monoisotopic (exact) mass is 530 g/mol. The number of ether oxygens (including phenoxy) is 2. The van der Waals surface area contributed by atoms with Crippen molar-refractivity contribution in [3.05, 3.63) is 70.8 Å². The number of imide groups is 1. The predicted octanol–water partition coefficient (Wildman–Crippen LogP) is 5.41. The Balaban J connectivity index is 1.28. The topological polar surface area (TPSA) is 98.1 Å². The molecule has 0 atom stereocenters. The molecule has 0 saturated carbocycles. The molecule has 0 unspecified atom stereocenters. The van der Waals surface area contributed by atoms with E-state index < -0.39 is 35.3 Å². The normalized spacial score (nSPS) is 16.4. The maximum absolute atomic E-state index is 13.3. The van der Waals surface area contributed by atoms with Gasteiger partial charge in [0.05, 0.1) is 10.5 Å². The van der Waals surface area contributed by atoms with Gasteiger partial charge in [0.15, 0.2) is 11.5 Å². The van der Waals surface area contributed by atoms with Crippen molar-refractivity contribution < 1.29 is 41.4 Å². The lowest BCUT2D eigenvalue weighted by Gasteiger charge is -2.19. The third-order valence-electron chi connectivity index (χ3n) is 5.40. The highest BCUT2D eigenvalue weighted by Gasteiger charge is 2.37. The van der Waals surface area contributed by atoms with Gasteiger partial charge in [-0.3, -0.25) is 19.3 Å². The van der Waals surface area contributed by atoms with Crippen LogP contribution in [0.4, 0.5) is 23.7 Å². The molecule has 3 aromatic rings. The molecule has 2 aliphatic rings. The van der Waals surface area contributed by atoms with Crippen molar-refractivity contribution in [2.75, 3.05) is 25.1 Å². The summed E-state index contributed by atoms with van der Waals surface area (Å²) in [6, 6.07) is 12.5. The van der Waals surface area contributed by atoms with Crippen molar-refractivity contribution in [2.45, 2.75) is 6.18 Å². The zero-order valence-corrected chi connectivity index (χ0v) is 19.7. The van der Waals surface area contributed by atoms with Crippen LogP contribution in [0.15, 0.2) is 63.9 Å². The number of fused-ring (bicyclic) bond motifs is 1. The highest BCUT2D eigenvalue weighted by Crippen LogP contribution is 2.39. The average molecular weight is 530 g/mol. The second-order valence-electron chi connectivity index (χ2n) is 7.92. The summed E-state index contributed by atoms with van der Waals surface area (Å²) in [4.78, 5) is 38.4. The van der Waals surface area contributed by atoms with Gasteiger partial charge in [0.2, 0.25) is 5.91 Å². The SMILES string of the molecule is O=C(CN1C(=O)S/C(=C/c2ccc(-c3ccccc3C(F)(F)F)o2)C1=O)Nc1ccc2c(c1)OCCO2. The van der Waals surface area contributed by atoms with Crippen molar-refractivity contribution in [2.24, 2.45) is 0 Å². The van der Waals surface area contributed by atoms with Gasteiger partial charge >= 0.3 is 6.18 Å². The number of thioether (sulfide) groups is 1. The number of halogens is 3. The van der Waals surface area contributed by atoms with Crippen LogP contribution in [-0.2, 0) is 15.8 Å². The van der Waals surface area contributed by atoms with E-state index in [9.17, 15) is 27.6 Å². The van der Waals surface area contributed by atoms with Gasteiger partial charge in [-0.05, 0) is 42.1 Å². The van der Waals surface area contributed by atoms with Gasteiger partial charge < -0.3 is 19.2 Å². The zero-order chi connectivity index (χ0) is 26.2. The summed E-state index contributed by atoms with van der Waals surface area (Å²) < 4.78 is 56.4.